The van der Waals surface area contributed by atoms with Crippen molar-refractivity contribution in [2.75, 3.05) is 16.4 Å². The molecule has 0 fully saturated rings. The van der Waals surface area contributed by atoms with Crippen LogP contribution in [0.3, 0.4) is 0 Å². The topological polar surface area (TPSA) is 111 Å². The van der Waals surface area contributed by atoms with E-state index in [0.717, 1.165) is 45.9 Å². The molecule has 0 saturated heterocycles. The number of nitrogens with one attached hydrogen (secondary N) is 2. The van der Waals surface area contributed by atoms with Crippen LogP contribution in [0.5, 0.6) is 0 Å². The molecule has 0 radical (unpaired) electrons. The molecule has 41 heavy (non-hydrogen) atoms. The van der Waals surface area contributed by atoms with E-state index in [1.807, 2.05) is 48.9 Å². The fourth-order valence-electron chi connectivity index (χ4n) is 4.37. The zero-order valence-electron chi connectivity index (χ0n) is 22.0. The molecule has 0 spiro atoms. The molecule has 4 N–H and O–H groups in total. The summed E-state index contributed by atoms with van der Waals surface area (Å²) in [5.74, 6) is -1.00. The maximum absolute atomic E-state index is 13.4. The zero-order valence-corrected chi connectivity index (χ0v) is 22.0. The van der Waals surface area contributed by atoms with Crippen molar-refractivity contribution in [3.63, 3.8) is 0 Å². The van der Waals surface area contributed by atoms with Crippen LogP contribution in [0.15, 0.2) is 73.3 Å². The maximum atomic E-state index is 13.4. The highest BCUT2D eigenvalue weighted by atomic mass is 19.4. The molecule has 0 bridgehead atoms. The first-order valence-corrected chi connectivity index (χ1v) is 12.6. The summed E-state index contributed by atoms with van der Waals surface area (Å²) >= 11 is 0. The number of amides is 1. The van der Waals surface area contributed by atoms with Gasteiger partial charge in [0.05, 0.1) is 16.5 Å². The molecule has 210 valence electrons. The molecular formula is C29H25F4N7O. The smallest absolute Gasteiger partial charge is 0.383 e. The van der Waals surface area contributed by atoms with Crippen molar-refractivity contribution in [1.29, 1.82) is 0 Å². The number of carbonyl (C=O) groups excluding carboxylic acids is 1. The number of nitrogens with zero attached hydrogens (tertiary/aromatic N) is 4. The standard InChI is InChI=1S/C29H25F4N7O/c1-16(2)40-14-23(24-25(34)37-15-38-27(24)40)18-5-3-17(4-6-18)12-35-26-22(11-19(13-36-26)29(31,32)33)28(41)39-21-9-7-20(30)8-10-21/h3-11,13-16H,12H2,1-2H3,(H,35,36)(H,39,41)(H2,34,37,38). The normalized spacial score (nSPS) is 11.7. The third kappa shape index (κ3) is 5.81. The molecule has 0 aliphatic rings. The number of nitrogens with two attached hydrogens (primary N) is 1. The summed E-state index contributed by atoms with van der Waals surface area (Å²) in [6.07, 6.45) is -0.624. The van der Waals surface area contributed by atoms with Crippen molar-refractivity contribution in [2.24, 2.45) is 0 Å². The Morgan fingerprint density at radius 2 is 1.73 bits per heavy atom. The number of nitrogen functional groups attached to an aromatic ring is 1. The number of aromatic nitrogens is 4. The van der Waals surface area contributed by atoms with E-state index in [1.165, 1.54) is 18.5 Å². The number of rotatable bonds is 7. The van der Waals surface area contributed by atoms with Gasteiger partial charge in [-0.3, -0.25) is 4.79 Å². The van der Waals surface area contributed by atoms with Gasteiger partial charge in [-0.15, -0.1) is 0 Å². The maximum Gasteiger partial charge on any atom is 0.417 e. The Morgan fingerprint density at radius 1 is 1.02 bits per heavy atom. The van der Waals surface area contributed by atoms with Gasteiger partial charge in [0, 0.05) is 36.2 Å². The van der Waals surface area contributed by atoms with Crippen molar-refractivity contribution in [1.82, 2.24) is 19.5 Å². The van der Waals surface area contributed by atoms with E-state index >= 15 is 0 Å². The van der Waals surface area contributed by atoms with Gasteiger partial charge in [0.2, 0.25) is 0 Å². The molecular weight excluding hydrogens is 538 g/mol. The number of anilines is 3. The highest BCUT2D eigenvalue weighted by Crippen LogP contribution is 2.35. The van der Waals surface area contributed by atoms with Gasteiger partial charge in [0.15, 0.2) is 0 Å². The minimum atomic E-state index is -4.70. The highest BCUT2D eigenvalue weighted by molar-refractivity contribution is 6.07. The summed E-state index contributed by atoms with van der Waals surface area (Å²) < 4.78 is 55.4. The van der Waals surface area contributed by atoms with Crippen molar-refractivity contribution < 1.29 is 22.4 Å². The summed E-state index contributed by atoms with van der Waals surface area (Å²) in [6, 6.07) is 13.2. The largest absolute Gasteiger partial charge is 0.417 e. The summed E-state index contributed by atoms with van der Waals surface area (Å²) in [6.45, 7) is 4.26. The van der Waals surface area contributed by atoms with E-state index < -0.39 is 23.5 Å². The number of hydrogen-bond donors (Lipinski definition) is 3. The van der Waals surface area contributed by atoms with Gasteiger partial charge in [0.25, 0.3) is 5.91 Å². The average Bonchev–Trinajstić information content (AvgIpc) is 3.34. The van der Waals surface area contributed by atoms with Crippen molar-refractivity contribution in [3.8, 4) is 11.1 Å². The number of hydrogen-bond acceptors (Lipinski definition) is 6. The lowest BCUT2D eigenvalue weighted by Gasteiger charge is -2.14. The Bertz CT molecular complexity index is 1710. The average molecular weight is 564 g/mol. The third-order valence-corrected chi connectivity index (χ3v) is 6.48. The van der Waals surface area contributed by atoms with Gasteiger partial charge in [-0.2, -0.15) is 13.2 Å². The van der Waals surface area contributed by atoms with Crippen LogP contribution < -0.4 is 16.4 Å². The molecule has 5 rings (SSSR count). The van der Waals surface area contributed by atoms with E-state index in [1.54, 1.807) is 0 Å². The molecule has 1 amide bonds. The molecule has 0 saturated carbocycles. The number of halogens is 4. The van der Waals surface area contributed by atoms with Gasteiger partial charge in [-0.25, -0.2) is 19.3 Å². The van der Waals surface area contributed by atoms with Gasteiger partial charge in [-0.05, 0) is 55.3 Å². The van der Waals surface area contributed by atoms with Crippen LogP contribution in [0.2, 0.25) is 0 Å². The highest BCUT2D eigenvalue weighted by Gasteiger charge is 2.32. The monoisotopic (exact) mass is 563 g/mol. The van der Waals surface area contributed by atoms with Crippen LogP contribution in [-0.2, 0) is 12.7 Å². The number of carbonyl (C=O) groups is 1. The number of alkyl halides is 3. The number of benzene rings is 2. The second-order valence-corrected chi connectivity index (χ2v) is 9.63. The Labute approximate surface area is 232 Å². The molecule has 3 heterocycles. The van der Waals surface area contributed by atoms with E-state index in [-0.39, 0.29) is 29.7 Å². The van der Waals surface area contributed by atoms with Crippen LogP contribution in [0.25, 0.3) is 22.2 Å². The quantitative estimate of drug-likeness (QED) is 0.191. The van der Waals surface area contributed by atoms with Crippen LogP contribution in [0.4, 0.5) is 34.9 Å². The summed E-state index contributed by atoms with van der Waals surface area (Å²) in [5, 5.41) is 6.19. The van der Waals surface area contributed by atoms with Crippen molar-refractivity contribution in [2.45, 2.75) is 32.6 Å². The third-order valence-electron chi connectivity index (χ3n) is 6.48. The lowest BCUT2D eigenvalue weighted by Crippen LogP contribution is -2.18. The first kappa shape index (κ1) is 27.6. The zero-order chi connectivity index (χ0) is 29.3. The first-order valence-electron chi connectivity index (χ1n) is 12.6. The van der Waals surface area contributed by atoms with Gasteiger partial charge < -0.3 is 20.9 Å². The van der Waals surface area contributed by atoms with Crippen LogP contribution in [-0.4, -0.2) is 25.4 Å². The minimum Gasteiger partial charge on any atom is -0.383 e. The Balaban J connectivity index is 1.39. The van der Waals surface area contributed by atoms with Gasteiger partial charge in [-0.1, -0.05) is 24.3 Å². The molecule has 2 aromatic carbocycles. The van der Waals surface area contributed by atoms with Crippen molar-refractivity contribution in [3.05, 3.63) is 95.8 Å². The lowest BCUT2D eigenvalue weighted by atomic mass is 10.0. The van der Waals surface area contributed by atoms with E-state index in [9.17, 15) is 22.4 Å². The molecule has 0 aliphatic heterocycles. The fraction of sp³-hybridized carbons (Fsp3) is 0.172. The van der Waals surface area contributed by atoms with Crippen LogP contribution in [0.1, 0.15) is 41.4 Å². The van der Waals surface area contributed by atoms with Crippen LogP contribution >= 0.6 is 0 Å². The molecule has 0 atom stereocenters. The minimum absolute atomic E-state index is 0.0355. The molecule has 5 aromatic rings. The summed E-state index contributed by atoms with van der Waals surface area (Å²) in [7, 11) is 0. The Kier molecular flexibility index (Phi) is 7.31. The number of pyridine rings is 1. The fourth-order valence-corrected chi connectivity index (χ4v) is 4.37. The first-order chi connectivity index (χ1) is 19.5. The van der Waals surface area contributed by atoms with Crippen molar-refractivity contribution >= 4 is 34.3 Å². The van der Waals surface area contributed by atoms with Gasteiger partial charge in [0.1, 0.15) is 29.4 Å². The molecule has 8 nitrogen and oxygen atoms in total. The van der Waals surface area contributed by atoms with E-state index in [2.05, 4.69) is 25.6 Å². The molecule has 3 aromatic heterocycles. The predicted octanol–water partition coefficient (Wildman–Crippen LogP) is 6.68. The van der Waals surface area contributed by atoms with E-state index in [4.69, 9.17) is 5.73 Å². The Hall–Kier alpha value is -5.00. The summed E-state index contributed by atoms with van der Waals surface area (Å²) in [4.78, 5) is 25.3. The SMILES string of the molecule is CC(C)n1cc(-c2ccc(CNc3ncc(C(F)(F)F)cc3C(=O)Nc3ccc(F)cc3)cc2)c2c(N)ncnc21. The Morgan fingerprint density at radius 3 is 2.39 bits per heavy atom. The number of fused-ring (bicyclic) bond motifs is 1. The van der Waals surface area contributed by atoms with E-state index in [0.29, 0.717) is 12.0 Å². The molecule has 0 unspecified atom stereocenters. The second-order valence-electron chi connectivity index (χ2n) is 9.63. The lowest BCUT2D eigenvalue weighted by molar-refractivity contribution is -0.137. The molecule has 12 heteroatoms. The van der Waals surface area contributed by atoms with Gasteiger partial charge >= 0.3 is 6.18 Å². The molecule has 0 aliphatic carbocycles. The van der Waals surface area contributed by atoms with Crippen LogP contribution in [0, 0.1) is 5.82 Å². The second kappa shape index (κ2) is 10.9. The summed E-state index contributed by atoms with van der Waals surface area (Å²) in [5.41, 5.74) is 8.30. The predicted molar refractivity (Wildman–Crippen MR) is 149 cm³/mol.